The molecule has 2 bridgehead atoms. The summed E-state index contributed by atoms with van der Waals surface area (Å²) in [4.78, 5) is 88.0. The lowest BCUT2D eigenvalue weighted by molar-refractivity contribution is 0.00489. The van der Waals surface area contributed by atoms with Crippen LogP contribution in [0.2, 0.25) is 0 Å². The van der Waals surface area contributed by atoms with Gasteiger partial charge in [0.1, 0.15) is 0 Å². The zero-order valence-electron chi connectivity index (χ0n) is 60.3. The van der Waals surface area contributed by atoms with E-state index in [0.29, 0.717) is 38.2 Å². The molecule has 25 nitrogen and oxygen atoms in total. The Morgan fingerprint density at radius 2 is 1.01 bits per heavy atom. The smallest absolute Gasteiger partial charge is 0.410 e. The van der Waals surface area contributed by atoms with Gasteiger partial charge in [0, 0.05) is 113 Å². The summed E-state index contributed by atoms with van der Waals surface area (Å²) in [7, 11) is 10.6. The second kappa shape index (κ2) is 45.0. The van der Waals surface area contributed by atoms with E-state index in [2.05, 4.69) is 27.0 Å². The molecule has 91 heavy (non-hydrogen) atoms. The highest BCUT2D eigenvalue weighted by Gasteiger charge is 2.39. The highest BCUT2D eigenvalue weighted by molar-refractivity contribution is 5.70. The van der Waals surface area contributed by atoms with E-state index in [1.807, 2.05) is 108 Å². The van der Waals surface area contributed by atoms with Crippen molar-refractivity contribution in [2.45, 2.75) is 209 Å². The summed E-state index contributed by atoms with van der Waals surface area (Å²) < 4.78 is 55.0. The molecular weight excluding hydrogens is 1170 g/mol. The number of carbonyl (C=O) groups is 6. The number of fused-ring (bicyclic) bond motifs is 3. The molecule has 3 atom stereocenters. The summed E-state index contributed by atoms with van der Waals surface area (Å²) in [5, 5.41) is 3.36. The van der Waals surface area contributed by atoms with Crippen molar-refractivity contribution >= 4 is 36.6 Å². The Kier molecular flexibility index (Phi) is 39.4. The molecule has 8 rings (SSSR count). The number of likely N-dealkylation sites (N-methyl/N-ethyl adjacent to an activating group) is 3. The van der Waals surface area contributed by atoms with Gasteiger partial charge in [0.15, 0.2) is 0 Å². The highest BCUT2D eigenvalue weighted by atomic mass is 16.6. The van der Waals surface area contributed by atoms with Gasteiger partial charge < -0.3 is 82.2 Å². The molecule has 6 amide bonds. The van der Waals surface area contributed by atoms with Gasteiger partial charge >= 0.3 is 36.6 Å². The van der Waals surface area contributed by atoms with Crippen molar-refractivity contribution in [2.24, 2.45) is 11.8 Å². The van der Waals surface area contributed by atoms with Crippen LogP contribution >= 0.6 is 0 Å². The molecule has 7 aliphatic rings. The molecular formula is C66H122N10O15. The predicted molar refractivity (Wildman–Crippen MR) is 352 cm³/mol. The summed E-state index contributed by atoms with van der Waals surface area (Å²) in [5.41, 5.74) is 0.848. The molecule has 526 valence electrons. The maximum absolute atomic E-state index is 11.9. The van der Waals surface area contributed by atoms with E-state index >= 15 is 0 Å². The fraction of sp³-hybridized carbons (Fsp3) is 0.833. The molecule has 7 fully saturated rings. The summed E-state index contributed by atoms with van der Waals surface area (Å²) in [6.07, 6.45) is 7.70. The van der Waals surface area contributed by atoms with E-state index in [1.165, 1.54) is 9.80 Å². The van der Waals surface area contributed by atoms with Gasteiger partial charge in [0.2, 0.25) is 0 Å². The van der Waals surface area contributed by atoms with Gasteiger partial charge in [-0.3, -0.25) is 9.88 Å². The average Bonchev–Trinajstić information content (AvgIpc) is 0.825. The molecule has 25 heteroatoms. The van der Waals surface area contributed by atoms with Crippen LogP contribution in [0, 0.1) is 11.8 Å². The number of ether oxygens (including phenoxy) is 9. The van der Waals surface area contributed by atoms with Gasteiger partial charge in [-0.15, -0.1) is 0 Å². The summed E-state index contributed by atoms with van der Waals surface area (Å²) in [6.45, 7) is 37.6. The number of nitrogens with zero attached hydrogens (tertiary/aromatic N) is 9. The van der Waals surface area contributed by atoms with Gasteiger partial charge in [-0.05, 0) is 185 Å². The number of hydrogen-bond donors (Lipinski definition) is 1. The van der Waals surface area contributed by atoms with Crippen LogP contribution in [0.5, 0.6) is 0 Å². The predicted octanol–water partition coefficient (Wildman–Crippen LogP) is 9.55. The lowest BCUT2D eigenvalue weighted by Crippen LogP contribution is -2.57. The van der Waals surface area contributed by atoms with Crippen LogP contribution in [0.4, 0.5) is 28.8 Å². The second-order valence-electron chi connectivity index (χ2n) is 25.5. The minimum Gasteiger partial charge on any atom is -0.447 e. The standard InChI is InChI=1S/C13H26N2O2.C12H22N2O2.C11H22N2O3.C11H16N2O2.C10H19NO3.C9H17NO3/c1-5-12(11-6-8-14-9-7-11)15(4)13(16)17-10(2)3;1-9(2)16-12(15)13(3)11-8-14-6-4-10(11)5-7-14;1-10(2)16-11(14)12(3)4-5-13-6-8-15-9-7-13;1-9(2)15-11(14)13(3)8-10-6-4-5-7-12-10;1-8(2)14-10(12)11(3)9-4-6-13-7-5-9;1-7(2)13-9(11)10(3)8-4-5-12-6-8/h10-12,14H,5-9H2,1-4H3;9-11H,4-8H2,1-3H3;10H,4-9H2,1-3H3;4-7,9H,8H2,1-3H3;8-9H,4-7H2,1-3H3;7-8H,4-6H2,1-3H3/i;11D;;;;. The minimum absolute atomic E-state index is 0.0459. The maximum atomic E-state index is 11.9. The molecule has 7 saturated heterocycles. The maximum Gasteiger partial charge on any atom is 0.410 e. The fourth-order valence-corrected chi connectivity index (χ4v) is 10.5. The number of amides is 6. The van der Waals surface area contributed by atoms with Crippen molar-refractivity contribution in [1.29, 1.82) is 0 Å². The van der Waals surface area contributed by atoms with Gasteiger partial charge in [0.05, 0.1) is 82.1 Å². The first-order valence-electron chi connectivity index (χ1n) is 33.8. The fourth-order valence-electron chi connectivity index (χ4n) is 10.5. The van der Waals surface area contributed by atoms with Gasteiger partial charge in [-0.2, -0.15) is 0 Å². The first-order chi connectivity index (χ1) is 43.4. The largest absolute Gasteiger partial charge is 0.447 e. The van der Waals surface area contributed by atoms with E-state index in [1.54, 1.807) is 61.0 Å². The van der Waals surface area contributed by atoms with Crippen molar-refractivity contribution in [3.05, 3.63) is 30.1 Å². The van der Waals surface area contributed by atoms with E-state index in [0.717, 1.165) is 136 Å². The van der Waals surface area contributed by atoms with Crippen molar-refractivity contribution in [3.63, 3.8) is 0 Å². The van der Waals surface area contributed by atoms with Crippen molar-refractivity contribution < 1.29 is 72.8 Å². The number of hydrogen-bond acceptors (Lipinski definition) is 19. The summed E-state index contributed by atoms with van der Waals surface area (Å²) in [5.74, 6) is 0.892. The van der Waals surface area contributed by atoms with Crippen LogP contribution in [0.3, 0.4) is 0 Å². The normalized spacial score (nSPS) is 21.0. The van der Waals surface area contributed by atoms with Gasteiger partial charge in [-0.1, -0.05) is 13.0 Å². The number of rotatable bonds is 17. The van der Waals surface area contributed by atoms with Crippen LogP contribution < -0.4 is 5.32 Å². The van der Waals surface area contributed by atoms with Crippen molar-refractivity contribution in [3.8, 4) is 0 Å². The molecule has 7 aliphatic heterocycles. The monoisotopic (exact) mass is 1300 g/mol. The third kappa shape index (κ3) is 33.8. The van der Waals surface area contributed by atoms with E-state index in [4.69, 9.17) is 44.0 Å². The first kappa shape index (κ1) is 79.8. The summed E-state index contributed by atoms with van der Waals surface area (Å²) >= 11 is 0. The SMILES string of the molecule is CC(C)OC(=O)N(C)C1CCOC1.CC(C)OC(=O)N(C)C1CCOCC1.CC(C)OC(=O)N(C)CCN1CCOCC1.CC(C)OC(=O)N(C)Cc1ccccn1.CCC(C1CCNCC1)N(C)C(=O)OC(C)C.[2H]C1(N(C)C(=O)OC(C)C)CN2CCC1CC2. The average molecular weight is 1300 g/mol. The number of morpholine rings is 1. The molecule has 1 N–H and O–H groups in total. The quantitative estimate of drug-likeness (QED) is 0.143. The molecule has 0 aromatic carbocycles. The van der Waals surface area contributed by atoms with Crippen LogP contribution in [0.1, 0.15) is 148 Å². The lowest BCUT2D eigenvalue weighted by atomic mass is 9.83. The lowest BCUT2D eigenvalue weighted by Gasteiger charge is -2.47. The number of pyridine rings is 1. The topological polar surface area (TPSA) is 236 Å². The summed E-state index contributed by atoms with van der Waals surface area (Å²) in [6, 6.07) is 5.58. The van der Waals surface area contributed by atoms with Gasteiger partial charge in [-0.25, -0.2) is 28.8 Å². The molecule has 0 spiro atoms. The van der Waals surface area contributed by atoms with Crippen LogP contribution in [-0.2, 0) is 49.2 Å². The van der Waals surface area contributed by atoms with E-state index in [-0.39, 0.29) is 91.2 Å². The third-order valence-corrected chi connectivity index (χ3v) is 15.7. The molecule has 8 heterocycles. The third-order valence-electron chi connectivity index (χ3n) is 15.7. The second-order valence-corrected chi connectivity index (χ2v) is 25.5. The Hall–Kier alpha value is -5.47. The Morgan fingerprint density at radius 3 is 1.46 bits per heavy atom. The number of carbonyl (C=O) groups excluding carboxylic acids is 6. The Labute approximate surface area is 548 Å². The Bertz CT molecular complexity index is 2210. The molecule has 0 aliphatic carbocycles. The molecule has 0 saturated carbocycles. The first-order valence-corrected chi connectivity index (χ1v) is 33.3. The number of piperidine rings is 4. The van der Waals surface area contributed by atoms with E-state index in [9.17, 15) is 28.8 Å². The molecule has 0 radical (unpaired) electrons. The van der Waals surface area contributed by atoms with Crippen molar-refractivity contribution in [2.75, 3.05) is 141 Å². The number of nitrogens with one attached hydrogen (secondary N) is 1. The Balaban J connectivity index is 0.000000377. The number of aromatic nitrogens is 1. The molecule has 1 aromatic heterocycles. The van der Waals surface area contributed by atoms with Crippen molar-refractivity contribution in [1.82, 2.24) is 49.5 Å². The zero-order valence-corrected chi connectivity index (χ0v) is 59.3. The van der Waals surface area contributed by atoms with E-state index < -0.39 is 6.02 Å². The van der Waals surface area contributed by atoms with Crippen LogP contribution in [-0.4, -0.2) is 282 Å². The Morgan fingerprint density at radius 1 is 0.560 bits per heavy atom. The van der Waals surface area contributed by atoms with Crippen LogP contribution in [0.25, 0.3) is 0 Å². The highest BCUT2D eigenvalue weighted by Crippen LogP contribution is 2.31. The minimum atomic E-state index is -0.803. The van der Waals surface area contributed by atoms with Gasteiger partial charge in [0.25, 0.3) is 0 Å². The molecule has 3 unspecified atom stereocenters. The zero-order chi connectivity index (χ0) is 69.1. The van der Waals surface area contributed by atoms with Crippen LogP contribution in [0.15, 0.2) is 24.4 Å². The molecule has 1 aromatic rings.